The topological polar surface area (TPSA) is 144 Å². The standard InChI is InChI=1S/C9H11FN2O6P2/c10-9(19(13,14)15,20(16,17)18)3-6-4-12-8-1-2-11-5-7(6)8/h1-2,4-5,12H,3H2,(H2,13,14,15)(H2,16,17,18). The maximum absolute atomic E-state index is 14.3. The molecule has 0 unspecified atom stereocenters. The fraction of sp³-hybridized carbons (Fsp3) is 0.222. The number of pyridine rings is 1. The third-order valence-corrected chi connectivity index (χ3v) is 6.54. The number of alkyl halides is 1. The molecule has 0 aliphatic rings. The van der Waals surface area contributed by atoms with E-state index in [1.54, 1.807) is 0 Å². The molecule has 0 saturated carbocycles. The number of fused-ring (bicyclic) bond motifs is 1. The molecule has 0 aliphatic carbocycles. The molecule has 0 spiro atoms. The quantitative estimate of drug-likeness (QED) is 0.529. The van der Waals surface area contributed by atoms with Crippen molar-refractivity contribution in [2.45, 2.75) is 11.6 Å². The predicted octanol–water partition coefficient (Wildman–Crippen LogP) is 1.08. The first-order chi connectivity index (χ1) is 9.06. The monoisotopic (exact) mass is 324 g/mol. The van der Waals surface area contributed by atoms with Crippen molar-refractivity contribution in [1.82, 2.24) is 9.97 Å². The van der Waals surface area contributed by atoms with Crippen molar-refractivity contribution in [2.24, 2.45) is 0 Å². The van der Waals surface area contributed by atoms with Crippen LogP contribution in [0, 0.1) is 0 Å². The van der Waals surface area contributed by atoms with E-state index in [0.717, 1.165) is 0 Å². The van der Waals surface area contributed by atoms with Crippen molar-refractivity contribution in [3.05, 3.63) is 30.2 Å². The Hall–Kier alpha value is -1.08. The van der Waals surface area contributed by atoms with Gasteiger partial charge in [-0.1, -0.05) is 0 Å². The second-order valence-corrected chi connectivity index (χ2v) is 8.17. The summed E-state index contributed by atoms with van der Waals surface area (Å²) in [5.41, 5.74) is 0.524. The van der Waals surface area contributed by atoms with E-state index in [1.165, 1.54) is 24.7 Å². The summed E-state index contributed by atoms with van der Waals surface area (Å²) in [6.45, 7) is 0. The first-order valence-corrected chi connectivity index (χ1v) is 8.49. The zero-order valence-electron chi connectivity index (χ0n) is 9.84. The summed E-state index contributed by atoms with van der Waals surface area (Å²) in [5.74, 6) is 0. The zero-order valence-corrected chi connectivity index (χ0v) is 11.6. The molecule has 2 aromatic heterocycles. The maximum atomic E-state index is 14.3. The first kappa shape index (κ1) is 15.3. The van der Waals surface area contributed by atoms with Gasteiger partial charge >= 0.3 is 20.3 Å². The highest BCUT2D eigenvalue weighted by Gasteiger charge is 2.61. The van der Waals surface area contributed by atoms with Gasteiger partial charge in [0.2, 0.25) is 0 Å². The number of aromatic amines is 1. The lowest BCUT2D eigenvalue weighted by atomic mass is 10.2. The predicted molar refractivity (Wildman–Crippen MR) is 67.7 cm³/mol. The van der Waals surface area contributed by atoms with Gasteiger partial charge in [0.05, 0.1) is 0 Å². The molecule has 20 heavy (non-hydrogen) atoms. The maximum Gasteiger partial charge on any atom is 0.375 e. The first-order valence-electron chi connectivity index (χ1n) is 5.26. The van der Waals surface area contributed by atoms with Gasteiger partial charge in [-0.3, -0.25) is 14.1 Å². The van der Waals surface area contributed by atoms with Crippen LogP contribution in [0.2, 0.25) is 0 Å². The van der Waals surface area contributed by atoms with E-state index in [4.69, 9.17) is 19.6 Å². The molecule has 0 radical (unpaired) electrons. The van der Waals surface area contributed by atoms with Crippen molar-refractivity contribution in [3.8, 4) is 0 Å². The van der Waals surface area contributed by atoms with Crippen LogP contribution in [-0.4, -0.2) is 34.7 Å². The van der Waals surface area contributed by atoms with Crippen LogP contribution in [0.5, 0.6) is 0 Å². The van der Waals surface area contributed by atoms with Crippen LogP contribution < -0.4 is 0 Å². The number of H-pyrrole nitrogens is 1. The molecule has 2 aromatic rings. The van der Waals surface area contributed by atoms with Gasteiger partial charge in [-0.25, -0.2) is 4.39 Å². The van der Waals surface area contributed by atoms with Gasteiger partial charge in [0.25, 0.3) is 0 Å². The average molecular weight is 324 g/mol. The minimum atomic E-state index is -5.69. The summed E-state index contributed by atoms with van der Waals surface area (Å²) < 4.78 is 36.7. The molecule has 0 bridgehead atoms. The van der Waals surface area contributed by atoms with Crippen LogP contribution >= 0.6 is 15.2 Å². The number of halogens is 1. The third kappa shape index (κ3) is 2.44. The smallest absolute Gasteiger partial charge is 0.361 e. The molecule has 0 atom stereocenters. The van der Waals surface area contributed by atoms with Crippen molar-refractivity contribution >= 4 is 26.1 Å². The van der Waals surface area contributed by atoms with Gasteiger partial charge in [0.15, 0.2) is 0 Å². The molecule has 2 rings (SSSR count). The van der Waals surface area contributed by atoms with E-state index in [1.807, 2.05) is 0 Å². The number of nitrogens with zero attached hydrogens (tertiary/aromatic N) is 1. The van der Waals surface area contributed by atoms with Crippen molar-refractivity contribution in [2.75, 3.05) is 0 Å². The minimum Gasteiger partial charge on any atom is -0.361 e. The van der Waals surface area contributed by atoms with Gasteiger partial charge in [-0.2, -0.15) is 0 Å². The highest BCUT2D eigenvalue weighted by atomic mass is 31.2. The molecule has 0 aromatic carbocycles. The number of nitrogens with one attached hydrogen (secondary N) is 1. The van der Waals surface area contributed by atoms with Crippen LogP contribution in [0.1, 0.15) is 5.56 Å². The Bertz CT molecular complexity index is 713. The fourth-order valence-electron chi connectivity index (χ4n) is 1.78. The third-order valence-electron chi connectivity index (χ3n) is 2.88. The van der Waals surface area contributed by atoms with Crippen molar-refractivity contribution < 1.29 is 33.1 Å². The highest BCUT2D eigenvalue weighted by Crippen LogP contribution is 2.71. The Morgan fingerprint density at radius 3 is 2.40 bits per heavy atom. The molecule has 0 aliphatic heterocycles. The molecule has 5 N–H and O–H groups in total. The van der Waals surface area contributed by atoms with E-state index in [9.17, 15) is 13.5 Å². The Morgan fingerprint density at radius 2 is 1.85 bits per heavy atom. The molecule has 0 saturated heterocycles. The summed E-state index contributed by atoms with van der Waals surface area (Å²) >= 11 is 0. The second-order valence-electron chi connectivity index (χ2n) is 4.22. The molecule has 11 heteroatoms. The van der Waals surface area contributed by atoms with Crippen LogP contribution in [0.4, 0.5) is 4.39 Å². The highest BCUT2D eigenvalue weighted by molar-refractivity contribution is 7.72. The largest absolute Gasteiger partial charge is 0.375 e. The van der Waals surface area contributed by atoms with Gasteiger partial charge < -0.3 is 24.6 Å². The summed E-state index contributed by atoms with van der Waals surface area (Å²) in [6, 6.07) is 1.54. The fourth-order valence-corrected chi connectivity index (χ4v) is 3.89. The van der Waals surface area contributed by atoms with Crippen LogP contribution in [0.15, 0.2) is 24.7 Å². The van der Waals surface area contributed by atoms with Gasteiger partial charge in [0.1, 0.15) is 0 Å². The number of hydrogen-bond acceptors (Lipinski definition) is 3. The van der Waals surface area contributed by atoms with E-state index in [-0.39, 0.29) is 5.56 Å². The van der Waals surface area contributed by atoms with E-state index in [2.05, 4.69) is 9.97 Å². The zero-order chi connectivity index (χ0) is 15.2. The van der Waals surface area contributed by atoms with E-state index in [0.29, 0.717) is 10.9 Å². The summed E-state index contributed by atoms with van der Waals surface area (Å²) in [5, 5.41) is -3.64. The molecular formula is C9H11FN2O6P2. The van der Waals surface area contributed by atoms with Crippen LogP contribution in [-0.2, 0) is 15.6 Å². The summed E-state index contributed by atoms with van der Waals surface area (Å²) in [7, 11) is -11.4. The van der Waals surface area contributed by atoms with Crippen LogP contribution in [0.3, 0.4) is 0 Å². The Labute approximate surface area is 112 Å². The second kappa shape index (κ2) is 4.73. The average Bonchev–Trinajstić information content (AvgIpc) is 2.70. The lowest BCUT2D eigenvalue weighted by Gasteiger charge is -2.26. The van der Waals surface area contributed by atoms with Crippen molar-refractivity contribution in [3.63, 3.8) is 0 Å². The SMILES string of the molecule is O=P(O)(O)C(F)(Cc1c[nH]c2ccncc12)P(=O)(O)O. The summed E-state index contributed by atoms with van der Waals surface area (Å²) in [4.78, 5) is 42.3. The van der Waals surface area contributed by atoms with Gasteiger partial charge in [0, 0.05) is 35.9 Å². The van der Waals surface area contributed by atoms with Gasteiger partial charge in [-0.05, 0) is 11.6 Å². The van der Waals surface area contributed by atoms with Crippen LogP contribution in [0.25, 0.3) is 10.9 Å². The van der Waals surface area contributed by atoms with E-state index < -0.39 is 26.8 Å². The number of hydrogen-bond donors (Lipinski definition) is 5. The number of aromatic nitrogens is 2. The minimum absolute atomic E-state index is 0.0160. The Morgan fingerprint density at radius 1 is 1.25 bits per heavy atom. The Balaban J connectivity index is 2.55. The van der Waals surface area contributed by atoms with E-state index >= 15 is 0 Å². The molecule has 110 valence electrons. The lowest BCUT2D eigenvalue weighted by molar-refractivity contribution is 0.222. The van der Waals surface area contributed by atoms with Gasteiger partial charge in [-0.15, -0.1) is 0 Å². The van der Waals surface area contributed by atoms with Crippen molar-refractivity contribution in [1.29, 1.82) is 0 Å². The molecule has 2 heterocycles. The molecule has 0 amide bonds. The lowest BCUT2D eigenvalue weighted by Crippen LogP contribution is -2.26. The number of rotatable bonds is 4. The Kier molecular flexibility index (Phi) is 3.62. The summed E-state index contributed by atoms with van der Waals surface area (Å²) in [6.07, 6.45) is 2.84. The molecule has 8 nitrogen and oxygen atoms in total. The molecular weight excluding hydrogens is 313 g/mol. The normalized spacial score (nSPS) is 13.8. The molecule has 0 fully saturated rings.